The first kappa shape index (κ1) is 13.3. The van der Waals surface area contributed by atoms with Gasteiger partial charge in [-0.05, 0) is 73.2 Å². The van der Waals surface area contributed by atoms with E-state index < -0.39 is 0 Å². The van der Waals surface area contributed by atoms with Gasteiger partial charge in [0.25, 0.3) is 0 Å². The molecule has 0 spiro atoms. The molecule has 1 nitrogen and oxygen atoms in total. The zero-order chi connectivity index (χ0) is 14.1. The van der Waals surface area contributed by atoms with E-state index in [1.165, 1.54) is 36.0 Å². The molecule has 0 saturated heterocycles. The first-order valence-electron chi connectivity index (χ1n) is 7.23. The van der Waals surface area contributed by atoms with Crippen molar-refractivity contribution in [3.05, 3.63) is 70.0 Å². The highest BCUT2D eigenvalue weighted by molar-refractivity contribution is 5.41. The Hall–Kier alpha value is -1.67. The standard InChI is InChI=1S/C18H20FN/c1-12-8-16(11-17(19)9-12)18(20-2)15-7-6-13-4-3-5-14(13)10-15/h6-11,18,20H,3-5H2,1-2H3. The van der Waals surface area contributed by atoms with Crippen LogP contribution in [0.25, 0.3) is 0 Å². The number of halogens is 1. The van der Waals surface area contributed by atoms with Gasteiger partial charge in [0.05, 0.1) is 6.04 Å². The number of hydrogen-bond donors (Lipinski definition) is 1. The molecule has 0 aliphatic heterocycles. The van der Waals surface area contributed by atoms with Crippen LogP contribution in [0.4, 0.5) is 4.39 Å². The van der Waals surface area contributed by atoms with Crippen molar-refractivity contribution in [3.8, 4) is 0 Å². The van der Waals surface area contributed by atoms with Crippen LogP contribution in [0.15, 0.2) is 36.4 Å². The van der Waals surface area contributed by atoms with Gasteiger partial charge in [-0.1, -0.05) is 24.3 Å². The van der Waals surface area contributed by atoms with Crippen LogP contribution in [0.5, 0.6) is 0 Å². The third-order valence-corrected chi connectivity index (χ3v) is 4.14. The van der Waals surface area contributed by atoms with E-state index in [4.69, 9.17) is 0 Å². The van der Waals surface area contributed by atoms with Gasteiger partial charge in [-0.3, -0.25) is 0 Å². The minimum absolute atomic E-state index is 0.0512. The zero-order valence-electron chi connectivity index (χ0n) is 12.0. The number of aryl methyl sites for hydroxylation is 3. The summed E-state index contributed by atoms with van der Waals surface area (Å²) in [6.07, 6.45) is 3.61. The van der Waals surface area contributed by atoms with Crippen LogP contribution in [0.1, 0.15) is 40.3 Å². The topological polar surface area (TPSA) is 12.0 Å². The van der Waals surface area contributed by atoms with Gasteiger partial charge in [-0.2, -0.15) is 0 Å². The summed E-state index contributed by atoms with van der Waals surface area (Å²) >= 11 is 0. The lowest BCUT2D eigenvalue weighted by Gasteiger charge is -2.19. The van der Waals surface area contributed by atoms with E-state index in [1.54, 1.807) is 12.1 Å². The van der Waals surface area contributed by atoms with Gasteiger partial charge in [-0.15, -0.1) is 0 Å². The quantitative estimate of drug-likeness (QED) is 0.890. The zero-order valence-corrected chi connectivity index (χ0v) is 12.0. The van der Waals surface area contributed by atoms with Crippen molar-refractivity contribution >= 4 is 0 Å². The minimum Gasteiger partial charge on any atom is -0.309 e. The number of fused-ring (bicyclic) bond motifs is 1. The fourth-order valence-electron chi connectivity index (χ4n) is 3.23. The van der Waals surface area contributed by atoms with Gasteiger partial charge >= 0.3 is 0 Å². The monoisotopic (exact) mass is 269 g/mol. The summed E-state index contributed by atoms with van der Waals surface area (Å²) in [5.74, 6) is -0.165. The maximum Gasteiger partial charge on any atom is 0.123 e. The largest absolute Gasteiger partial charge is 0.309 e. The predicted octanol–water partition coefficient (Wildman–Crippen LogP) is 3.93. The Morgan fingerprint density at radius 1 is 1.00 bits per heavy atom. The molecule has 20 heavy (non-hydrogen) atoms. The lowest BCUT2D eigenvalue weighted by molar-refractivity contribution is 0.615. The van der Waals surface area contributed by atoms with Crippen LogP contribution in [0.2, 0.25) is 0 Å². The predicted molar refractivity (Wildman–Crippen MR) is 80.5 cm³/mol. The molecule has 1 aliphatic carbocycles. The van der Waals surface area contributed by atoms with Crippen LogP contribution < -0.4 is 5.32 Å². The molecule has 1 N–H and O–H groups in total. The molecule has 0 heterocycles. The van der Waals surface area contributed by atoms with E-state index >= 15 is 0 Å². The molecule has 0 amide bonds. The summed E-state index contributed by atoms with van der Waals surface area (Å²) in [5.41, 5.74) is 6.09. The van der Waals surface area contributed by atoms with Crippen LogP contribution in [0.3, 0.4) is 0 Å². The third kappa shape index (κ3) is 2.48. The number of hydrogen-bond acceptors (Lipinski definition) is 1. The summed E-state index contributed by atoms with van der Waals surface area (Å²) in [6, 6.07) is 12.0. The first-order valence-corrected chi connectivity index (χ1v) is 7.23. The third-order valence-electron chi connectivity index (χ3n) is 4.14. The lowest BCUT2D eigenvalue weighted by Crippen LogP contribution is -2.18. The van der Waals surface area contributed by atoms with Crippen molar-refractivity contribution in [2.75, 3.05) is 7.05 Å². The van der Waals surface area contributed by atoms with E-state index in [-0.39, 0.29) is 11.9 Å². The molecule has 2 aromatic rings. The molecule has 0 saturated carbocycles. The highest BCUT2D eigenvalue weighted by atomic mass is 19.1. The molecule has 0 fully saturated rings. The van der Waals surface area contributed by atoms with E-state index in [9.17, 15) is 4.39 Å². The Morgan fingerprint density at radius 3 is 2.55 bits per heavy atom. The summed E-state index contributed by atoms with van der Waals surface area (Å²) in [7, 11) is 1.93. The molecule has 104 valence electrons. The molecule has 3 rings (SSSR count). The Balaban J connectivity index is 2.01. The van der Waals surface area contributed by atoms with E-state index in [0.29, 0.717) is 0 Å². The van der Waals surface area contributed by atoms with Crippen LogP contribution in [-0.4, -0.2) is 7.05 Å². The SMILES string of the molecule is CNC(c1cc(C)cc(F)c1)c1ccc2c(c1)CCC2. The highest BCUT2D eigenvalue weighted by Crippen LogP contribution is 2.29. The fourth-order valence-corrected chi connectivity index (χ4v) is 3.23. The minimum atomic E-state index is -0.165. The Bertz CT molecular complexity index is 613. The Labute approximate surface area is 119 Å². The van der Waals surface area contributed by atoms with Crippen molar-refractivity contribution in [2.45, 2.75) is 32.2 Å². The summed E-state index contributed by atoms with van der Waals surface area (Å²) < 4.78 is 13.6. The second-order valence-electron chi connectivity index (χ2n) is 5.67. The number of nitrogens with one attached hydrogen (secondary N) is 1. The van der Waals surface area contributed by atoms with Gasteiger partial charge < -0.3 is 5.32 Å². The van der Waals surface area contributed by atoms with Gasteiger partial charge in [0.2, 0.25) is 0 Å². The average molecular weight is 269 g/mol. The summed E-state index contributed by atoms with van der Waals surface area (Å²) in [4.78, 5) is 0. The molecule has 2 aromatic carbocycles. The van der Waals surface area contributed by atoms with Crippen molar-refractivity contribution in [2.24, 2.45) is 0 Å². The highest BCUT2D eigenvalue weighted by Gasteiger charge is 2.17. The average Bonchev–Trinajstić information content (AvgIpc) is 2.86. The molecule has 0 bridgehead atoms. The van der Waals surface area contributed by atoms with E-state index in [0.717, 1.165) is 11.1 Å². The van der Waals surface area contributed by atoms with Crippen molar-refractivity contribution in [3.63, 3.8) is 0 Å². The lowest BCUT2D eigenvalue weighted by atomic mass is 9.95. The first-order chi connectivity index (χ1) is 9.67. The molecule has 1 atom stereocenters. The van der Waals surface area contributed by atoms with Gasteiger partial charge in [0.1, 0.15) is 5.82 Å². The molecule has 1 aliphatic rings. The van der Waals surface area contributed by atoms with Gasteiger partial charge in [0.15, 0.2) is 0 Å². The van der Waals surface area contributed by atoms with Crippen LogP contribution in [0, 0.1) is 12.7 Å². The van der Waals surface area contributed by atoms with Crippen molar-refractivity contribution < 1.29 is 4.39 Å². The van der Waals surface area contributed by atoms with Crippen LogP contribution >= 0.6 is 0 Å². The molecule has 0 radical (unpaired) electrons. The van der Waals surface area contributed by atoms with Crippen LogP contribution in [-0.2, 0) is 12.8 Å². The Morgan fingerprint density at radius 2 is 1.80 bits per heavy atom. The second kappa shape index (κ2) is 5.37. The fraction of sp³-hybridized carbons (Fsp3) is 0.333. The maximum absolute atomic E-state index is 13.6. The van der Waals surface area contributed by atoms with Gasteiger partial charge in [-0.25, -0.2) is 4.39 Å². The number of rotatable bonds is 3. The van der Waals surface area contributed by atoms with Crippen molar-refractivity contribution in [1.82, 2.24) is 5.32 Å². The molecule has 2 heteroatoms. The normalized spacial score (nSPS) is 15.2. The Kier molecular flexibility index (Phi) is 3.58. The van der Waals surface area contributed by atoms with E-state index in [2.05, 4.69) is 29.6 Å². The molecule has 1 unspecified atom stereocenters. The maximum atomic E-state index is 13.6. The molecule has 0 aromatic heterocycles. The molecular formula is C18H20FN. The summed E-state index contributed by atoms with van der Waals surface area (Å²) in [6.45, 7) is 1.93. The van der Waals surface area contributed by atoms with Gasteiger partial charge in [0, 0.05) is 0 Å². The van der Waals surface area contributed by atoms with Crippen molar-refractivity contribution in [1.29, 1.82) is 0 Å². The molecular weight excluding hydrogens is 249 g/mol. The number of benzene rings is 2. The smallest absolute Gasteiger partial charge is 0.123 e. The van der Waals surface area contributed by atoms with E-state index in [1.807, 2.05) is 14.0 Å². The second-order valence-corrected chi connectivity index (χ2v) is 5.67. The summed E-state index contributed by atoms with van der Waals surface area (Å²) in [5, 5.41) is 3.31.